The molecule has 1 aliphatic heterocycles. The van der Waals surface area contributed by atoms with Gasteiger partial charge in [0.15, 0.2) is 0 Å². The second-order valence-electron chi connectivity index (χ2n) is 6.91. The average molecular weight is 208 g/mol. The highest BCUT2D eigenvalue weighted by Crippen LogP contribution is 2.63. The van der Waals surface area contributed by atoms with Crippen LogP contribution in [0.5, 0.6) is 0 Å². The van der Waals surface area contributed by atoms with Crippen LogP contribution >= 0.6 is 0 Å². The van der Waals surface area contributed by atoms with Gasteiger partial charge in [0, 0.05) is 0 Å². The zero-order valence-corrected chi connectivity index (χ0v) is 10.4. The second kappa shape index (κ2) is 2.80. The summed E-state index contributed by atoms with van der Waals surface area (Å²) in [6.07, 6.45) is 9.67. The highest BCUT2D eigenvalue weighted by Gasteiger charge is 2.62. The summed E-state index contributed by atoms with van der Waals surface area (Å²) in [5.74, 6) is 0.823. The summed E-state index contributed by atoms with van der Waals surface area (Å²) in [7, 11) is 0. The van der Waals surface area contributed by atoms with E-state index in [1.165, 1.54) is 44.9 Å². The van der Waals surface area contributed by atoms with Gasteiger partial charge < -0.3 is 4.74 Å². The molecule has 2 saturated carbocycles. The third-order valence-electron chi connectivity index (χ3n) is 5.72. The Morgan fingerprint density at radius 1 is 1.00 bits per heavy atom. The molecule has 2 aliphatic carbocycles. The summed E-state index contributed by atoms with van der Waals surface area (Å²) >= 11 is 0. The van der Waals surface area contributed by atoms with Gasteiger partial charge in [-0.2, -0.15) is 0 Å². The standard InChI is InChI=1S/C14H24O/c1-12(2)11-6-9-13(3)7-4-5-8-14(13,10-11)15-12/h11H,4-10H2,1-3H3/t11-,13+,14-/m1/s1. The molecule has 3 rings (SSSR count). The minimum Gasteiger partial charge on any atom is -0.368 e. The van der Waals surface area contributed by atoms with Crippen LogP contribution in [-0.4, -0.2) is 11.2 Å². The molecule has 0 amide bonds. The first-order chi connectivity index (χ1) is 6.98. The van der Waals surface area contributed by atoms with Crippen LogP contribution in [0.15, 0.2) is 0 Å². The van der Waals surface area contributed by atoms with Crippen molar-refractivity contribution in [2.45, 2.75) is 76.9 Å². The second-order valence-corrected chi connectivity index (χ2v) is 6.91. The van der Waals surface area contributed by atoms with E-state index in [1.807, 2.05) is 0 Å². The van der Waals surface area contributed by atoms with Gasteiger partial charge in [0.05, 0.1) is 11.2 Å². The predicted octanol–water partition coefficient (Wildman–Crippen LogP) is 3.91. The van der Waals surface area contributed by atoms with E-state index in [1.54, 1.807) is 0 Å². The molecule has 86 valence electrons. The normalized spacial score (nSPS) is 52.6. The summed E-state index contributed by atoms with van der Waals surface area (Å²) < 4.78 is 6.57. The van der Waals surface area contributed by atoms with Crippen molar-refractivity contribution in [3.05, 3.63) is 0 Å². The summed E-state index contributed by atoms with van der Waals surface area (Å²) in [6.45, 7) is 7.11. The van der Waals surface area contributed by atoms with E-state index in [-0.39, 0.29) is 11.2 Å². The molecule has 1 spiro atoms. The largest absolute Gasteiger partial charge is 0.368 e. The molecule has 2 bridgehead atoms. The third kappa shape index (κ3) is 1.19. The number of hydrogen-bond acceptors (Lipinski definition) is 1. The van der Waals surface area contributed by atoms with Crippen LogP contribution in [-0.2, 0) is 4.74 Å². The van der Waals surface area contributed by atoms with Crippen molar-refractivity contribution in [1.29, 1.82) is 0 Å². The molecular weight excluding hydrogens is 184 g/mol. The first kappa shape index (κ1) is 10.1. The molecule has 15 heavy (non-hydrogen) atoms. The van der Waals surface area contributed by atoms with E-state index < -0.39 is 0 Å². The number of hydrogen-bond donors (Lipinski definition) is 0. The fourth-order valence-corrected chi connectivity index (χ4v) is 4.55. The molecule has 3 aliphatic rings. The van der Waals surface area contributed by atoms with Gasteiger partial charge in [0.25, 0.3) is 0 Å². The van der Waals surface area contributed by atoms with Gasteiger partial charge >= 0.3 is 0 Å². The van der Waals surface area contributed by atoms with Crippen LogP contribution in [0.2, 0.25) is 0 Å². The van der Waals surface area contributed by atoms with Gasteiger partial charge in [-0.25, -0.2) is 0 Å². The van der Waals surface area contributed by atoms with Crippen molar-refractivity contribution in [3.63, 3.8) is 0 Å². The Morgan fingerprint density at radius 2 is 1.73 bits per heavy atom. The average Bonchev–Trinajstić information content (AvgIpc) is 2.38. The van der Waals surface area contributed by atoms with Crippen LogP contribution in [0.25, 0.3) is 0 Å². The highest BCUT2D eigenvalue weighted by molar-refractivity contribution is 5.12. The van der Waals surface area contributed by atoms with Gasteiger partial charge in [-0.15, -0.1) is 0 Å². The number of ether oxygens (including phenoxy) is 1. The molecule has 3 atom stereocenters. The molecule has 0 aromatic rings. The molecule has 0 N–H and O–H groups in total. The quantitative estimate of drug-likeness (QED) is 0.586. The molecule has 1 nitrogen and oxygen atoms in total. The van der Waals surface area contributed by atoms with E-state index in [2.05, 4.69) is 20.8 Å². The highest BCUT2D eigenvalue weighted by atomic mass is 16.5. The van der Waals surface area contributed by atoms with Crippen LogP contribution < -0.4 is 0 Å². The van der Waals surface area contributed by atoms with Gasteiger partial charge in [-0.3, -0.25) is 0 Å². The Morgan fingerprint density at radius 3 is 2.53 bits per heavy atom. The zero-order valence-electron chi connectivity index (χ0n) is 10.4. The lowest BCUT2D eigenvalue weighted by Crippen LogP contribution is -2.50. The molecule has 0 radical (unpaired) electrons. The smallest absolute Gasteiger partial charge is 0.0746 e. The first-order valence-corrected chi connectivity index (χ1v) is 6.68. The summed E-state index contributed by atoms with van der Waals surface area (Å²) in [5, 5.41) is 0. The molecule has 1 heteroatoms. The van der Waals surface area contributed by atoms with Crippen molar-refractivity contribution in [2.75, 3.05) is 0 Å². The van der Waals surface area contributed by atoms with Crippen LogP contribution in [0.4, 0.5) is 0 Å². The molecule has 3 fully saturated rings. The molecule has 0 unspecified atom stereocenters. The maximum atomic E-state index is 6.57. The maximum Gasteiger partial charge on any atom is 0.0746 e. The topological polar surface area (TPSA) is 9.23 Å². The van der Waals surface area contributed by atoms with Gasteiger partial charge in [0.1, 0.15) is 0 Å². The SMILES string of the molecule is CC1(C)O[C@@]23CCCC[C@@]2(C)CC[C@@H]1C3. The van der Waals surface area contributed by atoms with Crippen LogP contribution in [0.3, 0.4) is 0 Å². The van der Waals surface area contributed by atoms with Crippen molar-refractivity contribution in [2.24, 2.45) is 11.3 Å². The first-order valence-electron chi connectivity index (χ1n) is 6.68. The summed E-state index contributed by atoms with van der Waals surface area (Å²) in [6, 6.07) is 0. The van der Waals surface area contributed by atoms with Crippen LogP contribution in [0, 0.1) is 11.3 Å². The van der Waals surface area contributed by atoms with Gasteiger partial charge in [-0.05, 0) is 57.3 Å². The third-order valence-corrected chi connectivity index (χ3v) is 5.72. The fourth-order valence-electron chi connectivity index (χ4n) is 4.55. The molecule has 0 aromatic carbocycles. The minimum atomic E-state index is 0.148. The number of fused-ring (bicyclic) bond motifs is 1. The lowest BCUT2D eigenvalue weighted by atomic mass is 9.56. The van der Waals surface area contributed by atoms with E-state index in [0.717, 1.165) is 5.92 Å². The van der Waals surface area contributed by atoms with Crippen LogP contribution in [0.1, 0.15) is 65.7 Å². The lowest BCUT2D eigenvalue weighted by molar-refractivity contribution is -0.166. The minimum absolute atomic E-state index is 0.148. The molecule has 1 saturated heterocycles. The summed E-state index contributed by atoms with van der Waals surface area (Å²) in [4.78, 5) is 0. The maximum absolute atomic E-state index is 6.57. The Labute approximate surface area is 93.6 Å². The molecule has 1 heterocycles. The number of rotatable bonds is 0. The molecule has 0 aromatic heterocycles. The zero-order chi connectivity index (χ0) is 10.7. The van der Waals surface area contributed by atoms with Gasteiger partial charge in [-0.1, -0.05) is 19.8 Å². The van der Waals surface area contributed by atoms with Crippen molar-refractivity contribution < 1.29 is 4.74 Å². The van der Waals surface area contributed by atoms with Gasteiger partial charge in [0.2, 0.25) is 0 Å². The van der Waals surface area contributed by atoms with E-state index in [0.29, 0.717) is 5.41 Å². The predicted molar refractivity (Wildman–Crippen MR) is 61.8 cm³/mol. The van der Waals surface area contributed by atoms with Crippen molar-refractivity contribution in [1.82, 2.24) is 0 Å². The summed E-state index contributed by atoms with van der Waals surface area (Å²) in [5.41, 5.74) is 0.905. The van der Waals surface area contributed by atoms with E-state index in [4.69, 9.17) is 4.74 Å². The van der Waals surface area contributed by atoms with E-state index in [9.17, 15) is 0 Å². The Kier molecular flexibility index (Phi) is 1.89. The Hall–Kier alpha value is -0.0400. The van der Waals surface area contributed by atoms with E-state index >= 15 is 0 Å². The Bertz CT molecular complexity index is 283. The monoisotopic (exact) mass is 208 g/mol. The lowest BCUT2D eigenvalue weighted by Gasteiger charge is -2.51. The van der Waals surface area contributed by atoms with Crippen molar-refractivity contribution in [3.8, 4) is 0 Å². The fraction of sp³-hybridized carbons (Fsp3) is 1.00. The Balaban J connectivity index is 1.99. The molecular formula is C14H24O. The van der Waals surface area contributed by atoms with Crippen molar-refractivity contribution >= 4 is 0 Å².